The number of aromatic amines is 1. The third kappa shape index (κ3) is 3.59. The van der Waals surface area contributed by atoms with Gasteiger partial charge in [0.2, 0.25) is 0 Å². The van der Waals surface area contributed by atoms with Crippen LogP contribution in [0.4, 0.5) is 8.78 Å². The van der Waals surface area contributed by atoms with E-state index in [0.717, 1.165) is 18.9 Å². The van der Waals surface area contributed by atoms with Gasteiger partial charge in [0, 0.05) is 18.9 Å². The minimum Gasteiger partial charge on any atom is -0.387 e. The van der Waals surface area contributed by atoms with Crippen LogP contribution in [0.2, 0.25) is 0 Å². The van der Waals surface area contributed by atoms with Crippen LogP contribution >= 0.6 is 7.60 Å². The number of ether oxygens (including phenoxy) is 1. The van der Waals surface area contributed by atoms with Crippen molar-refractivity contribution in [1.82, 2.24) is 9.55 Å². The van der Waals surface area contributed by atoms with Gasteiger partial charge in [-0.3, -0.25) is 18.9 Å². The number of halogens is 2. The molecule has 1 aliphatic heterocycles. The molecule has 0 amide bonds. The molecule has 2 heterocycles. The summed E-state index contributed by atoms with van der Waals surface area (Å²) in [5.74, 6) is 0. The van der Waals surface area contributed by atoms with Gasteiger partial charge in [-0.1, -0.05) is 0 Å². The Kier molecular flexibility index (Phi) is 4.88. The average Bonchev–Trinajstić information content (AvgIpc) is 2.70. The van der Waals surface area contributed by atoms with Crippen LogP contribution in [0.1, 0.15) is 6.23 Å². The Balaban J connectivity index is 2.33. The molecule has 5 atom stereocenters. The number of nitrogens with zero attached hydrogens (tertiary/aromatic N) is 1. The van der Waals surface area contributed by atoms with Crippen LogP contribution in [0, 0.1) is 0 Å². The normalized spacial score (nSPS) is 33.5. The zero-order valence-corrected chi connectivity index (χ0v) is 12.8. The highest BCUT2D eigenvalue weighted by Gasteiger charge is 2.57. The molecule has 1 fully saturated rings. The summed E-state index contributed by atoms with van der Waals surface area (Å²) in [6.45, 7) is -1.50. The van der Waals surface area contributed by atoms with E-state index in [0.29, 0.717) is 4.57 Å². The van der Waals surface area contributed by atoms with E-state index in [1.54, 1.807) is 0 Å². The van der Waals surface area contributed by atoms with Crippen LogP contribution in [0.25, 0.3) is 0 Å². The molecule has 0 bridgehead atoms. The largest absolute Gasteiger partial charge is 0.387 e. The first-order chi connectivity index (χ1) is 10.6. The molecular formula is C11H15F2N2O7P. The molecule has 9 nitrogen and oxygen atoms in total. The number of H-pyrrole nitrogens is 1. The van der Waals surface area contributed by atoms with Crippen LogP contribution in [-0.2, 0) is 13.8 Å². The summed E-state index contributed by atoms with van der Waals surface area (Å²) in [5, 5.41) is 9.90. The molecule has 1 aromatic rings. The van der Waals surface area contributed by atoms with Gasteiger partial charge in [0.25, 0.3) is 5.56 Å². The van der Waals surface area contributed by atoms with E-state index in [-0.39, 0.29) is 0 Å². The zero-order valence-electron chi connectivity index (χ0n) is 11.9. The predicted octanol–water partition coefficient (Wildman–Crippen LogP) is -0.696. The number of hydrogen-bond acceptors (Lipinski definition) is 6. The minimum atomic E-state index is -4.02. The van der Waals surface area contributed by atoms with Gasteiger partial charge in [-0.05, 0) is 0 Å². The van der Waals surface area contributed by atoms with Crippen molar-refractivity contribution in [2.24, 2.45) is 0 Å². The number of aromatic nitrogens is 2. The topological polar surface area (TPSA) is 131 Å². The molecule has 0 aliphatic carbocycles. The first kappa shape index (κ1) is 18.0. The first-order valence-corrected chi connectivity index (χ1v) is 8.44. The molecule has 0 spiro atoms. The predicted molar refractivity (Wildman–Crippen MR) is 72.8 cm³/mol. The number of rotatable bonds is 5. The van der Waals surface area contributed by atoms with E-state index in [1.807, 2.05) is 4.98 Å². The first-order valence-electron chi connectivity index (χ1n) is 6.42. The number of hydrogen-bond donors (Lipinski definition) is 3. The summed E-state index contributed by atoms with van der Waals surface area (Å²) in [5.41, 5.74) is -4.00. The van der Waals surface area contributed by atoms with Crippen molar-refractivity contribution in [3.8, 4) is 0 Å². The van der Waals surface area contributed by atoms with Gasteiger partial charge in [0.05, 0.1) is 6.61 Å². The maximum atomic E-state index is 14.3. The van der Waals surface area contributed by atoms with Crippen LogP contribution in [-0.4, -0.2) is 57.4 Å². The van der Waals surface area contributed by atoms with E-state index in [4.69, 9.17) is 9.63 Å². The molecule has 0 saturated carbocycles. The summed E-state index contributed by atoms with van der Waals surface area (Å²) in [7, 11) is -4.02. The lowest BCUT2D eigenvalue weighted by Crippen LogP contribution is -2.48. The Morgan fingerprint density at radius 1 is 1.57 bits per heavy atom. The number of nitrogens with one attached hydrogen (secondary N) is 1. The second-order valence-corrected chi connectivity index (χ2v) is 7.05. The van der Waals surface area contributed by atoms with Crippen LogP contribution in [0.5, 0.6) is 0 Å². The van der Waals surface area contributed by atoms with Gasteiger partial charge in [0.1, 0.15) is 12.8 Å². The summed E-state index contributed by atoms with van der Waals surface area (Å²) < 4.78 is 49.1. The molecule has 0 radical (unpaired) electrons. The van der Waals surface area contributed by atoms with Gasteiger partial charge >= 0.3 is 13.3 Å². The smallest absolute Gasteiger partial charge is 0.330 e. The average molecular weight is 356 g/mol. The Morgan fingerprint density at radius 2 is 2.22 bits per heavy atom. The molecular weight excluding hydrogens is 341 g/mol. The SMILES string of the molecule is CP(=O)(O)OC[C@@]1(CF)O[C@@H](n2ccc(=O)[nH]c2=O)[C@H](F)[C@@H]1O. The monoisotopic (exact) mass is 356 g/mol. The molecule has 12 heteroatoms. The zero-order chi connectivity index (χ0) is 17.4. The molecule has 1 aromatic heterocycles. The van der Waals surface area contributed by atoms with Crippen LogP contribution < -0.4 is 11.2 Å². The lowest BCUT2D eigenvalue weighted by Gasteiger charge is -2.28. The fourth-order valence-corrected chi connectivity index (χ4v) is 2.61. The molecule has 23 heavy (non-hydrogen) atoms. The Labute approximate surface area is 128 Å². The van der Waals surface area contributed by atoms with Crippen LogP contribution in [0.3, 0.4) is 0 Å². The summed E-state index contributed by atoms with van der Waals surface area (Å²) in [6.07, 6.45) is -5.09. The number of alkyl halides is 2. The third-order valence-corrected chi connectivity index (χ3v) is 3.98. The van der Waals surface area contributed by atoms with Gasteiger partial charge in [-0.25, -0.2) is 13.6 Å². The molecule has 1 unspecified atom stereocenters. The van der Waals surface area contributed by atoms with Gasteiger partial charge in [0.15, 0.2) is 18.0 Å². The maximum absolute atomic E-state index is 14.3. The highest BCUT2D eigenvalue weighted by Crippen LogP contribution is 2.43. The van der Waals surface area contributed by atoms with Crippen molar-refractivity contribution < 1.29 is 32.6 Å². The third-order valence-electron chi connectivity index (χ3n) is 3.37. The van der Waals surface area contributed by atoms with Crippen LogP contribution in [0.15, 0.2) is 21.9 Å². The van der Waals surface area contributed by atoms with Crippen molar-refractivity contribution in [1.29, 1.82) is 0 Å². The molecule has 3 N–H and O–H groups in total. The number of aliphatic hydroxyl groups is 1. The maximum Gasteiger partial charge on any atom is 0.330 e. The van der Waals surface area contributed by atoms with Crippen molar-refractivity contribution in [2.75, 3.05) is 19.9 Å². The molecule has 0 aromatic carbocycles. The van der Waals surface area contributed by atoms with E-state index in [9.17, 15) is 28.0 Å². The highest BCUT2D eigenvalue weighted by atomic mass is 31.2. The molecule has 2 rings (SSSR count). The summed E-state index contributed by atoms with van der Waals surface area (Å²) >= 11 is 0. The second-order valence-electron chi connectivity index (χ2n) is 5.19. The quantitative estimate of drug-likeness (QED) is 0.595. The lowest BCUT2D eigenvalue weighted by molar-refractivity contribution is -0.134. The standard InChI is InChI=1S/C11H15F2N2O7P/c1-23(19,20)21-5-11(4-12)8(17)7(13)9(22-11)15-3-2-6(16)14-10(15)18/h2-3,7-9,17H,4-5H2,1H3,(H,19,20)(H,14,16,18)/t7-,8+,9-,11-/m1/s1. The van der Waals surface area contributed by atoms with E-state index in [2.05, 4.69) is 4.52 Å². The lowest BCUT2D eigenvalue weighted by atomic mass is 9.98. The Bertz CT molecular complexity index is 732. The molecule has 130 valence electrons. The number of aliphatic hydroxyl groups excluding tert-OH is 1. The van der Waals surface area contributed by atoms with Gasteiger partial charge in [-0.15, -0.1) is 0 Å². The Hall–Kier alpha value is -1.39. The van der Waals surface area contributed by atoms with Crippen molar-refractivity contribution >= 4 is 7.60 Å². The summed E-state index contributed by atoms with van der Waals surface area (Å²) in [4.78, 5) is 33.6. The summed E-state index contributed by atoms with van der Waals surface area (Å²) in [6, 6.07) is 0.920. The van der Waals surface area contributed by atoms with Crippen molar-refractivity contribution in [3.63, 3.8) is 0 Å². The van der Waals surface area contributed by atoms with E-state index in [1.165, 1.54) is 0 Å². The Morgan fingerprint density at radius 3 is 2.74 bits per heavy atom. The van der Waals surface area contributed by atoms with E-state index < -0.39 is 56.2 Å². The second kappa shape index (κ2) is 6.25. The van der Waals surface area contributed by atoms with Gasteiger partial charge in [-0.2, -0.15) is 0 Å². The van der Waals surface area contributed by atoms with Crippen molar-refractivity contribution in [2.45, 2.75) is 24.1 Å². The fourth-order valence-electron chi connectivity index (χ4n) is 2.16. The molecule has 1 aliphatic rings. The van der Waals surface area contributed by atoms with Crippen molar-refractivity contribution in [3.05, 3.63) is 33.1 Å². The fraction of sp³-hybridized carbons (Fsp3) is 0.636. The van der Waals surface area contributed by atoms with E-state index >= 15 is 0 Å². The minimum absolute atomic E-state index is 0.636. The molecule has 1 saturated heterocycles. The van der Waals surface area contributed by atoms with Gasteiger partial charge < -0.3 is 19.3 Å². The highest BCUT2D eigenvalue weighted by molar-refractivity contribution is 7.51.